The van der Waals surface area contributed by atoms with Gasteiger partial charge in [0.25, 0.3) is 10.1 Å². The third kappa shape index (κ3) is 1.77. The highest BCUT2D eigenvalue weighted by molar-refractivity contribution is 9.10. The molecule has 0 bridgehead atoms. The lowest BCUT2D eigenvalue weighted by atomic mass is 10.3. The topological polar surface area (TPSA) is 80.4 Å². The highest BCUT2D eigenvalue weighted by atomic mass is 79.9. The summed E-state index contributed by atoms with van der Waals surface area (Å²) >= 11 is 2.95. The van der Waals surface area contributed by atoms with Crippen molar-refractivity contribution in [1.82, 2.24) is 0 Å². The molecule has 12 heavy (non-hydrogen) atoms. The summed E-state index contributed by atoms with van der Waals surface area (Å²) in [5.74, 6) is 0. The zero-order chi connectivity index (χ0) is 9.35. The predicted molar refractivity (Wildman–Crippen MR) is 48.4 cm³/mol. The minimum absolute atomic E-state index is 0.188. The minimum atomic E-state index is -4.18. The summed E-state index contributed by atoms with van der Waals surface area (Å²) in [5, 5.41) is 0. The van der Waals surface area contributed by atoms with Gasteiger partial charge in [-0.2, -0.15) is 8.42 Å². The van der Waals surface area contributed by atoms with Gasteiger partial charge >= 0.3 is 0 Å². The van der Waals surface area contributed by atoms with Crippen LogP contribution in [-0.2, 0) is 10.1 Å². The van der Waals surface area contributed by atoms with Gasteiger partial charge in [-0.3, -0.25) is 4.55 Å². The van der Waals surface area contributed by atoms with Crippen LogP contribution in [0.3, 0.4) is 0 Å². The van der Waals surface area contributed by atoms with Crippen molar-refractivity contribution in [3.8, 4) is 0 Å². The Balaban J connectivity index is 3.47. The number of hydrogen-bond donors (Lipinski definition) is 2. The fourth-order valence-electron chi connectivity index (χ4n) is 0.727. The largest absolute Gasteiger partial charge is 0.398 e. The van der Waals surface area contributed by atoms with Crippen molar-refractivity contribution in [1.29, 1.82) is 0 Å². The summed E-state index contributed by atoms with van der Waals surface area (Å²) in [4.78, 5) is -0.220. The van der Waals surface area contributed by atoms with E-state index in [0.717, 1.165) is 0 Å². The molecule has 0 saturated carbocycles. The molecule has 0 spiro atoms. The van der Waals surface area contributed by atoms with Gasteiger partial charge in [0, 0.05) is 5.69 Å². The molecule has 4 nitrogen and oxygen atoms in total. The highest BCUT2D eigenvalue weighted by Crippen LogP contribution is 2.26. The van der Waals surface area contributed by atoms with Gasteiger partial charge in [-0.25, -0.2) is 0 Å². The van der Waals surface area contributed by atoms with E-state index in [1.165, 1.54) is 18.2 Å². The molecule has 0 saturated heterocycles. The quantitative estimate of drug-likeness (QED) is 0.582. The second-order valence-corrected chi connectivity index (χ2v) is 4.32. The molecular formula is C6H6BrNO3S. The smallest absolute Gasteiger partial charge is 0.295 e. The molecule has 0 amide bonds. The summed E-state index contributed by atoms with van der Waals surface area (Å²) in [6, 6.07) is 4.23. The molecule has 0 heterocycles. The van der Waals surface area contributed by atoms with Crippen molar-refractivity contribution in [2.75, 3.05) is 5.73 Å². The fourth-order valence-corrected chi connectivity index (χ4v) is 2.20. The van der Waals surface area contributed by atoms with Crippen LogP contribution in [0.1, 0.15) is 0 Å². The van der Waals surface area contributed by atoms with Crippen molar-refractivity contribution in [2.45, 2.75) is 4.90 Å². The minimum Gasteiger partial charge on any atom is -0.398 e. The summed E-state index contributed by atoms with van der Waals surface area (Å²) < 4.78 is 30.2. The second kappa shape index (κ2) is 3.04. The molecule has 1 aromatic rings. The van der Waals surface area contributed by atoms with Crippen LogP contribution < -0.4 is 5.73 Å². The molecule has 1 aromatic carbocycles. The molecule has 0 fully saturated rings. The summed E-state index contributed by atoms with van der Waals surface area (Å²) in [6.07, 6.45) is 0. The fraction of sp³-hybridized carbons (Fsp3) is 0. The molecule has 66 valence electrons. The van der Waals surface area contributed by atoms with Crippen molar-refractivity contribution in [2.24, 2.45) is 0 Å². The number of benzene rings is 1. The Labute approximate surface area is 78.3 Å². The summed E-state index contributed by atoms with van der Waals surface area (Å²) in [6.45, 7) is 0. The molecule has 6 heteroatoms. The Morgan fingerprint density at radius 1 is 1.42 bits per heavy atom. The summed E-state index contributed by atoms with van der Waals surface area (Å²) in [7, 11) is -4.18. The summed E-state index contributed by atoms with van der Waals surface area (Å²) in [5.41, 5.74) is 5.66. The van der Waals surface area contributed by atoms with E-state index in [0.29, 0.717) is 0 Å². The van der Waals surface area contributed by atoms with Gasteiger partial charge in [0.2, 0.25) is 0 Å². The van der Waals surface area contributed by atoms with E-state index < -0.39 is 10.1 Å². The number of anilines is 1. The number of nitrogens with two attached hydrogens (primary N) is 1. The first-order valence-corrected chi connectivity index (χ1v) is 5.17. The van der Waals surface area contributed by atoms with Crippen LogP contribution in [-0.4, -0.2) is 13.0 Å². The third-order valence-electron chi connectivity index (χ3n) is 1.27. The Kier molecular flexibility index (Phi) is 2.41. The van der Waals surface area contributed by atoms with Gasteiger partial charge < -0.3 is 5.73 Å². The van der Waals surface area contributed by atoms with Crippen LogP contribution in [0.5, 0.6) is 0 Å². The Hall–Kier alpha value is -0.590. The van der Waals surface area contributed by atoms with Crippen LogP contribution in [0.25, 0.3) is 0 Å². The Morgan fingerprint density at radius 2 is 2.00 bits per heavy atom. The van der Waals surface area contributed by atoms with Gasteiger partial charge in [0.15, 0.2) is 0 Å². The van der Waals surface area contributed by atoms with Crippen molar-refractivity contribution < 1.29 is 13.0 Å². The second-order valence-electron chi connectivity index (χ2n) is 2.13. The Bertz CT molecular complexity index is 401. The van der Waals surface area contributed by atoms with Crippen LogP contribution in [0.2, 0.25) is 0 Å². The Morgan fingerprint density at radius 3 is 2.42 bits per heavy atom. The molecular weight excluding hydrogens is 246 g/mol. The first-order chi connectivity index (χ1) is 5.43. The molecule has 0 radical (unpaired) electrons. The average molecular weight is 252 g/mol. The van der Waals surface area contributed by atoms with Crippen LogP contribution in [0.4, 0.5) is 5.69 Å². The van der Waals surface area contributed by atoms with Gasteiger partial charge in [-0.1, -0.05) is 6.07 Å². The van der Waals surface area contributed by atoms with E-state index >= 15 is 0 Å². The third-order valence-corrected chi connectivity index (χ3v) is 3.31. The van der Waals surface area contributed by atoms with E-state index in [9.17, 15) is 8.42 Å². The number of halogens is 1. The van der Waals surface area contributed by atoms with Crippen LogP contribution in [0, 0.1) is 0 Å². The van der Waals surface area contributed by atoms with Crippen molar-refractivity contribution >= 4 is 31.7 Å². The van der Waals surface area contributed by atoms with Crippen LogP contribution in [0.15, 0.2) is 27.6 Å². The molecule has 0 aliphatic carbocycles. The molecule has 0 unspecified atom stereocenters. The van der Waals surface area contributed by atoms with Gasteiger partial charge in [0.05, 0.1) is 4.47 Å². The van der Waals surface area contributed by atoms with Crippen LogP contribution >= 0.6 is 15.9 Å². The standard InChI is InChI=1S/C6H6BrNO3S/c7-6-4(8)2-1-3-5(6)12(9,10)11/h1-3H,8H2,(H,9,10,11). The average Bonchev–Trinajstić information content (AvgIpc) is 1.92. The SMILES string of the molecule is Nc1cccc(S(=O)(=O)O)c1Br. The molecule has 3 N–H and O–H groups in total. The van der Waals surface area contributed by atoms with Gasteiger partial charge in [-0.15, -0.1) is 0 Å². The van der Waals surface area contributed by atoms with Crippen molar-refractivity contribution in [3.05, 3.63) is 22.7 Å². The monoisotopic (exact) mass is 251 g/mol. The molecule has 0 aromatic heterocycles. The first kappa shape index (κ1) is 9.50. The van der Waals surface area contributed by atoms with E-state index in [1.54, 1.807) is 0 Å². The zero-order valence-corrected chi connectivity index (χ0v) is 8.26. The van der Waals surface area contributed by atoms with E-state index in [1.807, 2.05) is 0 Å². The molecule has 1 rings (SSSR count). The number of nitrogen functional groups attached to an aromatic ring is 1. The normalized spacial score (nSPS) is 11.5. The van der Waals surface area contributed by atoms with E-state index in [4.69, 9.17) is 10.3 Å². The van der Waals surface area contributed by atoms with E-state index in [-0.39, 0.29) is 15.1 Å². The lowest BCUT2D eigenvalue weighted by molar-refractivity contribution is 0.482. The highest BCUT2D eigenvalue weighted by Gasteiger charge is 2.14. The van der Waals surface area contributed by atoms with E-state index in [2.05, 4.69) is 15.9 Å². The maximum atomic E-state index is 10.7. The molecule has 0 aliphatic heterocycles. The predicted octanol–water partition coefficient (Wildman–Crippen LogP) is 1.28. The zero-order valence-electron chi connectivity index (χ0n) is 5.86. The van der Waals surface area contributed by atoms with Gasteiger partial charge in [0.1, 0.15) is 4.90 Å². The number of rotatable bonds is 1. The number of hydrogen-bond acceptors (Lipinski definition) is 3. The van der Waals surface area contributed by atoms with Crippen molar-refractivity contribution in [3.63, 3.8) is 0 Å². The lowest BCUT2D eigenvalue weighted by Gasteiger charge is -2.02. The molecule has 0 aliphatic rings. The van der Waals surface area contributed by atoms with Gasteiger partial charge in [-0.05, 0) is 28.1 Å². The maximum absolute atomic E-state index is 10.7. The maximum Gasteiger partial charge on any atom is 0.295 e. The lowest BCUT2D eigenvalue weighted by Crippen LogP contribution is -2.00. The first-order valence-electron chi connectivity index (χ1n) is 2.94. The molecule has 0 atom stereocenters.